The zero-order valence-corrected chi connectivity index (χ0v) is 19.6. The van der Waals surface area contributed by atoms with Crippen LogP contribution < -0.4 is 10.2 Å². The van der Waals surface area contributed by atoms with Crippen LogP contribution in [0.5, 0.6) is 0 Å². The Balaban J connectivity index is 1.52. The predicted molar refractivity (Wildman–Crippen MR) is 120 cm³/mol. The number of nitrogens with one attached hydrogen (secondary N) is 1. The van der Waals surface area contributed by atoms with E-state index in [1.807, 2.05) is 0 Å². The summed E-state index contributed by atoms with van der Waals surface area (Å²) >= 11 is 7.08. The van der Waals surface area contributed by atoms with Crippen molar-refractivity contribution in [2.24, 2.45) is 11.8 Å². The number of para-hydroxylation sites is 1. The summed E-state index contributed by atoms with van der Waals surface area (Å²) in [7, 11) is 0. The average Bonchev–Trinajstić information content (AvgIpc) is 2.98. The van der Waals surface area contributed by atoms with Crippen LogP contribution >= 0.6 is 31.9 Å². The van der Waals surface area contributed by atoms with Gasteiger partial charge in [0.15, 0.2) is 0 Å². The van der Waals surface area contributed by atoms with Gasteiger partial charge in [-0.25, -0.2) is 0 Å². The number of fused-ring (bicyclic) bond motifs is 1. The van der Waals surface area contributed by atoms with Gasteiger partial charge < -0.3 is 5.32 Å². The molecule has 32 heavy (non-hydrogen) atoms. The minimum atomic E-state index is -4.61. The molecule has 5 nitrogen and oxygen atoms in total. The zero-order valence-electron chi connectivity index (χ0n) is 16.4. The molecule has 1 aliphatic heterocycles. The molecule has 10 heteroatoms. The number of halogens is 5. The minimum Gasteiger partial charge on any atom is -0.321 e. The van der Waals surface area contributed by atoms with E-state index >= 15 is 0 Å². The molecule has 1 heterocycles. The van der Waals surface area contributed by atoms with Gasteiger partial charge in [0.2, 0.25) is 11.8 Å². The van der Waals surface area contributed by atoms with Crippen LogP contribution in [-0.4, -0.2) is 27.4 Å². The first kappa shape index (κ1) is 23.0. The number of alkyl halides is 5. The maximum atomic E-state index is 13.1. The smallest absolute Gasteiger partial charge is 0.321 e. The zero-order chi connectivity index (χ0) is 23.2. The molecule has 2 aromatic carbocycles. The first-order valence-electron chi connectivity index (χ1n) is 9.81. The van der Waals surface area contributed by atoms with E-state index in [9.17, 15) is 27.6 Å². The quantitative estimate of drug-likeness (QED) is 0.396. The molecule has 1 saturated heterocycles. The van der Waals surface area contributed by atoms with Crippen LogP contribution in [0.2, 0.25) is 0 Å². The van der Waals surface area contributed by atoms with Gasteiger partial charge in [-0.2, -0.15) is 13.2 Å². The molecule has 0 aromatic heterocycles. The highest BCUT2D eigenvalue weighted by Crippen LogP contribution is 2.44. The van der Waals surface area contributed by atoms with Gasteiger partial charge >= 0.3 is 6.18 Å². The van der Waals surface area contributed by atoms with Crippen LogP contribution in [0.3, 0.4) is 0 Å². The number of carbonyl (C=O) groups is 3. The SMILES string of the molecule is O=C(Nc1ccccc1C(F)(F)F)c1ccc(N2C(=O)[C@@H]3C[C@@H](Br)[C@@H](Br)C[C@H]3C2=O)cc1. The molecule has 1 N–H and O–H groups in total. The van der Waals surface area contributed by atoms with Crippen LogP contribution in [0, 0.1) is 11.8 Å². The summed E-state index contributed by atoms with van der Waals surface area (Å²) < 4.78 is 39.4. The van der Waals surface area contributed by atoms with Crippen molar-refractivity contribution in [2.45, 2.75) is 28.7 Å². The molecular formula is C22H17Br2F3N2O3. The molecule has 0 radical (unpaired) electrons. The highest BCUT2D eigenvalue weighted by atomic mass is 79.9. The first-order chi connectivity index (χ1) is 15.1. The normalized spacial score (nSPS) is 25.6. The summed E-state index contributed by atoms with van der Waals surface area (Å²) in [5, 5.41) is 2.27. The van der Waals surface area contributed by atoms with Crippen molar-refractivity contribution >= 4 is 61.0 Å². The van der Waals surface area contributed by atoms with Crippen molar-refractivity contribution < 1.29 is 27.6 Å². The summed E-state index contributed by atoms with van der Waals surface area (Å²) in [5.41, 5.74) is -0.866. The van der Waals surface area contributed by atoms with Crippen LogP contribution in [0.4, 0.5) is 24.5 Å². The van der Waals surface area contributed by atoms with Gasteiger partial charge in [-0.05, 0) is 49.2 Å². The monoisotopic (exact) mass is 572 g/mol. The molecule has 4 atom stereocenters. The van der Waals surface area contributed by atoms with E-state index < -0.39 is 29.5 Å². The Bertz CT molecular complexity index is 1050. The van der Waals surface area contributed by atoms with E-state index in [0.717, 1.165) is 11.0 Å². The third-order valence-corrected chi connectivity index (χ3v) is 8.51. The number of amides is 3. The van der Waals surface area contributed by atoms with E-state index in [2.05, 4.69) is 37.2 Å². The molecule has 3 amide bonds. The topological polar surface area (TPSA) is 66.5 Å². The number of hydrogen-bond donors (Lipinski definition) is 1. The van der Waals surface area contributed by atoms with Crippen molar-refractivity contribution in [2.75, 3.05) is 10.2 Å². The molecule has 2 fully saturated rings. The lowest BCUT2D eigenvalue weighted by molar-refractivity contribution is -0.137. The van der Waals surface area contributed by atoms with Crippen molar-refractivity contribution in [3.63, 3.8) is 0 Å². The molecule has 1 saturated carbocycles. The number of nitrogens with zero attached hydrogens (tertiary/aromatic N) is 1. The lowest BCUT2D eigenvalue weighted by Crippen LogP contribution is -2.34. The number of carbonyl (C=O) groups excluding carboxylic acids is 3. The van der Waals surface area contributed by atoms with Gasteiger partial charge in [0.05, 0.1) is 28.8 Å². The summed E-state index contributed by atoms with van der Waals surface area (Å²) in [6, 6.07) is 10.4. The average molecular weight is 574 g/mol. The number of benzene rings is 2. The number of rotatable bonds is 3. The standard InChI is InChI=1S/C22H17Br2F3N2O3/c23-16-9-13-14(10-17(16)24)21(32)29(20(13)31)12-7-5-11(6-8-12)19(30)28-18-4-2-1-3-15(18)22(25,26)27/h1-8,13-14,16-17H,9-10H2,(H,28,30)/t13-,14-,16-,17+/m1/s1. The Hall–Kier alpha value is -2.20. The number of imide groups is 1. The van der Waals surface area contributed by atoms with Crippen molar-refractivity contribution in [3.8, 4) is 0 Å². The largest absolute Gasteiger partial charge is 0.418 e. The van der Waals surface area contributed by atoms with Gasteiger partial charge in [0.25, 0.3) is 5.91 Å². The van der Waals surface area contributed by atoms with E-state index in [4.69, 9.17) is 0 Å². The van der Waals surface area contributed by atoms with Crippen LogP contribution in [0.1, 0.15) is 28.8 Å². The molecule has 2 aromatic rings. The van der Waals surface area contributed by atoms with Crippen molar-refractivity contribution in [1.29, 1.82) is 0 Å². The Morgan fingerprint density at radius 2 is 1.44 bits per heavy atom. The summed E-state index contributed by atoms with van der Waals surface area (Å²) in [6.07, 6.45) is -3.52. The van der Waals surface area contributed by atoms with Crippen LogP contribution in [-0.2, 0) is 15.8 Å². The first-order valence-corrected chi connectivity index (χ1v) is 11.6. The second-order valence-corrected chi connectivity index (χ2v) is 10.1. The van der Waals surface area contributed by atoms with Gasteiger partial charge in [-0.15, -0.1) is 0 Å². The fourth-order valence-corrected chi connectivity index (χ4v) is 5.38. The van der Waals surface area contributed by atoms with Crippen molar-refractivity contribution in [1.82, 2.24) is 0 Å². The van der Waals surface area contributed by atoms with Crippen molar-refractivity contribution in [3.05, 3.63) is 59.7 Å². The van der Waals surface area contributed by atoms with E-state index in [-0.39, 0.29) is 32.7 Å². The maximum Gasteiger partial charge on any atom is 0.418 e. The highest BCUT2D eigenvalue weighted by Gasteiger charge is 2.52. The Morgan fingerprint density at radius 3 is 1.97 bits per heavy atom. The number of hydrogen-bond acceptors (Lipinski definition) is 3. The van der Waals surface area contributed by atoms with Gasteiger partial charge in [-0.1, -0.05) is 44.0 Å². The molecule has 4 rings (SSSR count). The highest BCUT2D eigenvalue weighted by molar-refractivity contribution is 9.12. The summed E-state index contributed by atoms with van der Waals surface area (Å²) in [4.78, 5) is 39.6. The van der Waals surface area contributed by atoms with E-state index in [1.165, 1.54) is 42.5 Å². The van der Waals surface area contributed by atoms with Gasteiger partial charge in [0.1, 0.15) is 0 Å². The molecule has 0 spiro atoms. The third-order valence-electron chi connectivity index (χ3n) is 5.78. The fourth-order valence-electron chi connectivity index (χ4n) is 4.15. The van der Waals surface area contributed by atoms with Gasteiger partial charge in [0, 0.05) is 15.2 Å². The second kappa shape index (κ2) is 8.62. The van der Waals surface area contributed by atoms with Gasteiger partial charge in [-0.3, -0.25) is 19.3 Å². The number of anilines is 2. The minimum absolute atomic E-state index is 0.0890. The lowest BCUT2D eigenvalue weighted by Gasteiger charge is -2.29. The predicted octanol–water partition coefficient (Wildman–Crippen LogP) is 5.38. The Labute approximate surface area is 198 Å². The molecule has 2 aliphatic rings. The molecular weight excluding hydrogens is 557 g/mol. The summed E-state index contributed by atoms with van der Waals surface area (Å²) in [5.74, 6) is -2.09. The van der Waals surface area contributed by atoms with E-state index in [1.54, 1.807) is 0 Å². The molecule has 168 valence electrons. The van der Waals surface area contributed by atoms with Crippen LogP contribution in [0.25, 0.3) is 0 Å². The van der Waals surface area contributed by atoms with E-state index in [0.29, 0.717) is 18.5 Å². The van der Waals surface area contributed by atoms with Crippen LogP contribution in [0.15, 0.2) is 48.5 Å². The molecule has 0 bridgehead atoms. The fraction of sp³-hybridized carbons (Fsp3) is 0.318. The lowest BCUT2D eigenvalue weighted by atomic mass is 9.81. The molecule has 1 aliphatic carbocycles. The Kier molecular flexibility index (Phi) is 6.19. The second-order valence-electron chi connectivity index (χ2n) is 7.77. The third kappa shape index (κ3) is 4.22. The maximum absolute atomic E-state index is 13.1. The Morgan fingerprint density at radius 1 is 0.906 bits per heavy atom. The summed E-state index contributed by atoms with van der Waals surface area (Å²) in [6.45, 7) is 0. The molecule has 0 unspecified atom stereocenters.